The topological polar surface area (TPSA) is 84.1 Å². The van der Waals surface area contributed by atoms with Gasteiger partial charge < -0.3 is 19.7 Å². The van der Waals surface area contributed by atoms with Crippen molar-refractivity contribution in [3.05, 3.63) is 64.7 Å². The monoisotopic (exact) mass is 338 g/mol. The van der Waals surface area contributed by atoms with Crippen LogP contribution in [0.4, 0.5) is 5.69 Å². The van der Waals surface area contributed by atoms with Gasteiger partial charge in [-0.1, -0.05) is 12.1 Å². The summed E-state index contributed by atoms with van der Waals surface area (Å²) in [5.74, 6) is 0.215. The highest BCUT2D eigenvalue weighted by Crippen LogP contribution is 2.22. The van der Waals surface area contributed by atoms with Crippen molar-refractivity contribution in [2.24, 2.45) is 5.16 Å². The number of carbonyl (C=O) groups excluding carboxylic acids is 1. The molecule has 1 amide bonds. The molecule has 1 aromatic heterocycles. The summed E-state index contributed by atoms with van der Waals surface area (Å²) in [5.41, 5.74) is 3.19. The van der Waals surface area contributed by atoms with Gasteiger partial charge in [0.15, 0.2) is 0 Å². The van der Waals surface area contributed by atoms with Crippen molar-refractivity contribution in [1.29, 1.82) is 0 Å². The van der Waals surface area contributed by atoms with Crippen LogP contribution in [0.15, 0.2) is 52.0 Å². The molecule has 0 spiro atoms. The van der Waals surface area contributed by atoms with Gasteiger partial charge in [-0.3, -0.25) is 4.79 Å². The zero-order chi connectivity index (χ0) is 18.0. The first-order valence-corrected chi connectivity index (χ1v) is 7.71. The number of hydrogen-bond donors (Lipinski definition) is 2. The fraction of sp³-hybridized carbons (Fsp3) is 0.158. The van der Waals surface area contributed by atoms with Gasteiger partial charge in [0.1, 0.15) is 16.9 Å². The smallest absolute Gasteiger partial charge is 0.268 e. The number of benzene rings is 2. The minimum absolute atomic E-state index is 0.129. The Kier molecular flexibility index (Phi) is 4.43. The number of rotatable bonds is 3. The van der Waals surface area contributed by atoms with Gasteiger partial charge in [0, 0.05) is 11.1 Å². The fourth-order valence-electron chi connectivity index (χ4n) is 2.55. The second kappa shape index (κ2) is 6.68. The number of hydrogen-bond acceptors (Lipinski definition) is 5. The van der Waals surface area contributed by atoms with Crippen molar-refractivity contribution in [3.8, 4) is 5.75 Å². The molecule has 3 aromatic rings. The highest BCUT2D eigenvalue weighted by molar-refractivity contribution is 6.05. The van der Waals surface area contributed by atoms with E-state index >= 15 is 0 Å². The number of methoxy groups -OCH3 is 1. The maximum absolute atomic E-state index is 12.7. The van der Waals surface area contributed by atoms with Crippen LogP contribution in [0.1, 0.15) is 21.5 Å². The van der Waals surface area contributed by atoms with E-state index in [1.165, 1.54) is 0 Å². The lowest BCUT2D eigenvalue weighted by molar-refractivity contribution is 0.102. The van der Waals surface area contributed by atoms with Crippen molar-refractivity contribution in [2.75, 3.05) is 12.4 Å². The van der Waals surface area contributed by atoms with E-state index in [2.05, 4.69) is 10.5 Å². The molecule has 128 valence electrons. The molecule has 0 aliphatic heterocycles. The summed E-state index contributed by atoms with van der Waals surface area (Å²) in [5, 5.41) is 15.8. The Hall–Kier alpha value is -3.28. The lowest BCUT2D eigenvalue weighted by Gasteiger charge is -2.11. The predicted octanol–water partition coefficient (Wildman–Crippen LogP) is 3.60. The quantitative estimate of drug-likeness (QED) is 0.564. The third-order valence-electron chi connectivity index (χ3n) is 4.14. The van der Waals surface area contributed by atoms with Gasteiger partial charge >= 0.3 is 0 Å². The Morgan fingerprint density at radius 3 is 2.72 bits per heavy atom. The van der Waals surface area contributed by atoms with E-state index in [0.717, 1.165) is 11.1 Å². The van der Waals surface area contributed by atoms with Gasteiger partial charge in [0.2, 0.25) is 0 Å². The average molecular weight is 338 g/mol. The first-order chi connectivity index (χ1) is 12.0. The molecule has 0 radical (unpaired) electrons. The van der Waals surface area contributed by atoms with Crippen LogP contribution in [0.25, 0.3) is 11.0 Å². The molecule has 25 heavy (non-hydrogen) atoms. The van der Waals surface area contributed by atoms with Crippen LogP contribution in [0.5, 0.6) is 5.75 Å². The van der Waals surface area contributed by atoms with Crippen LogP contribution >= 0.6 is 0 Å². The first-order valence-electron chi connectivity index (χ1n) is 7.71. The van der Waals surface area contributed by atoms with Crippen LogP contribution in [0, 0.1) is 13.8 Å². The van der Waals surface area contributed by atoms with Crippen LogP contribution in [-0.4, -0.2) is 18.2 Å². The SMILES string of the molecule is COc1ccc2o/c(=N/O)c(C(=O)Nc3cccc(C)c3C)cc2c1. The Labute approximate surface area is 144 Å². The molecule has 1 heterocycles. The maximum Gasteiger partial charge on any atom is 0.268 e. The van der Waals surface area contributed by atoms with Gasteiger partial charge in [-0.15, -0.1) is 0 Å². The fourth-order valence-corrected chi connectivity index (χ4v) is 2.55. The standard InChI is InChI=1S/C19H18N2O4/c1-11-5-4-6-16(12(11)2)20-18(22)15-10-13-9-14(24-3)7-8-17(13)25-19(15)21-23/h4-10,23H,1-3H3,(H,20,22)/b21-19+. The van der Waals surface area contributed by atoms with Gasteiger partial charge in [-0.25, -0.2) is 0 Å². The Morgan fingerprint density at radius 2 is 2.00 bits per heavy atom. The summed E-state index contributed by atoms with van der Waals surface area (Å²) in [6, 6.07) is 12.4. The molecular weight excluding hydrogens is 320 g/mol. The molecule has 6 nitrogen and oxygen atoms in total. The molecule has 0 unspecified atom stereocenters. The summed E-state index contributed by atoms with van der Waals surface area (Å²) in [4.78, 5) is 12.7. The lowest BCUT2D eigenvalue weighted by atomic mass is 10.1. The number of carbonyl (C=O) groups is 1. The Balaban J connectivity index is 2.07. The minimum Gasteiger partial charge on any atom is -0.497 e. The summed E-state index contributed by atoms with van der Waals surface area (Å²) >= 11 is 0. The van der Waals surface area contributed by atoms with Crippen molar-refractivity contribution < 1.29 is 19.2 Å². The third-order valence-corrected chi connectivity index (χ3v) is 4.14. The lowest BCUT2D eigenvalue weighted by Crippen LogP contribution is -2.22. The predicted molar refractivity (Wildman–Crippen MR) is 94.0 cm³/mol. The number of anilines is 1. The normalized spacial score (nSPS) is 11.6. The van der Waals surface area contributed by atoms with E-state index < -0.39 is 5.91 Å². The molecule has 0 aliphatic rings. The highest BCUT2D eigenvalue weighted by Gasteiger charge is 2.15. The third kappa shape index (κ3) is 3.19. The zero-order valence-electron chi connectivity index (χ0n) is 14.2. The maximum atomic E-state index is 12.7. The summed E-state index contributed by atoms with van der Waals surface area (Å²) in [6.07, 6.45) is 0. The number of amides is 1. The molecule has 0 aliphatic carbocycles. The molecule has 0 fully saturated rings. The number of fused-ring (bicyclic) bond motifs is 1. The minimum atomic E-state index is -0.421. The molecule has 0 atom stereocenters. The number of nitrogens with zero attached hydrogens (tertiary/aromatic N) is 1. The van der Waals surface area contributed by atoms with Gasteiger partial charge in [0.25, 0.3) is 11.5 Å². The van der Waals surface area contributed by atoms with Crippen LogP contribution in [-0.2, 0) is 0 Å². The van der Waals surface area contributed by atoms with Crippen LogP contribution in [0.3, 0.4) is 0 Å². The number of ether oxygens (including phenoxy) is 1. The second-order valence-electron chi connectivity index (χ2n) is 5.67. The summed E-state index contributed by atoms with van der Waals surface area (Å²) < 4.78 is 10.7. The van der Waals surface area contributed by atoms with Gasteiger partial charge in [0.05, 0.1) is 7.11 Å². The number of aryl methyl sites for hydroxylation is 1. The van der Waals surface area contributed by atoms with Crippen molar-refractivity contribution in [1.82, 2.24) is 0 Å². The van der Waals surface area contributed by atoms with Crippen LogP contribution in [0.2, 0.25) is 0 Å². The number of nitrogens with one attached hydrogen (secondary N) is 1. The van der Waals surface area contributed by atoms with Gasteiger partial charge in [-0.05, 0) is 60.5 Å². The van der Waals surface area contributed by atoms with E-state index in [1.807, 2.05) is 32.0 Å². The molecule has 2 aromatic carbocycles. The van der Waals surface area contributed by atoms with E-state index in [4.69, 9.17) is 9.15 Å². The molecule has 0 saturated carbocycles. The first kappa shape index (κ1) is 16.6. The molecule has 2 N–H and O–H groups in total. The van der Waals surface area contributed by atoms with E-state index in [-0.39, 0.29) is 11.1 Å². The zero-order valence-corrected chi connectivity index (χ0v) is 14.2. The van der Waals surface area contributed by atoms with E-state index in [9.17, 15) is 10.0 Å². The average Bonchev–Trinajstić information content (AvgIpc) is 2.63. The van der Waals surface area contributed by atoms with E-state index in [1.54, 1.807) is 31.4 Å². The molecule has 6 heteroatoms. The van der Waals surface area contributed by atoms with Crippen molar-refractivity contribution in [3.63, 3.8) is 0 Å². The summed E-state index contributed by atoms with van der Waals surface area (Å²) in [6.45, 7) is 3.90. The van der Waals surface area contributed by atoms with Crippen molar-refractivity contribution in [2.45, 2.75) is 13.8 Å². The highest BCUT2D eigenvalue weighted by atomic mass is 16.5. The second-order valence-corrected chi connectivity index (χ2v) is 5.67. The van der Waals surface area contributed by atoms with E-state index in [0.29, 0.717) is 22.4 Å². The van der Waals surface area contributed by atoms with Crippen molar-refractivity contribution >= 4 is 22.6 Å². The molecule has 0 saturated heterocycles. The van der Waals surface area contributed by atoms with Gasteiger partial charge in [-0.2, -0.15) is 0 Å². The molecular formula is C19H18N2O4. The molecule has 3 rings (SSSR count). The largest absolute Gasteiger partial charge is 0.497 e. The molecule has 0 bridgehead atoms. The van der Waals surface area contributed by atoms with Crippen LogP contribution < -0.4 is 15.6 Å². The Morgan fingerprint density at radius 1 is 1.20 bits per heavy atom. The summed E-state index contributed by atoms with van der Waals surface area (Å²) in [7, 11) is 1.56. The Bertz CT molecular complexity index is 1020.